The van der Waals surface area contributed by atoms with E-state index in [1.54, 1.807) is 36.4 Å². The molecule has 0 saturated carbocycles. The number of ketones is 2. The van der Waals surface area contributed by atoms with Crippen LogP contribution in [0.4, 0.5) is 0 Å². The molecule has 4 rings (SSSR count). The van der Waals surface area contributed by atoms with Crippen molar-refractivity contribution in [2.75, 3.05) is 0 Å². The molecule has 0 aliphatic rings. The SMILES string of the molecule is O=C(C(=O)c1ccc2[nH]c3ccc(Br)cc3c2c1)c1ccccc1. The molecule has 4 heteroatoms. The Balaban J connectivity index is 1.82. The summed E-state index contributed by atoms with van der Waals surface area (Å²) < 4.78 is 0.966. The molecule has 0 fully saturated rings. The molecule has 3 nitrogen and oxygen atoms in total. The number of halogens is 1. The van der Waals surface area contributed by atoms with Gasteiger partial charge in [-0.2, -0.15) is 0 Å². The number of Topliss-reactive ketones (excluding diaryl/α,β-unsaturated/α-hetero) is 2. The van der Waals surface area contributed by atoms with Gasteiger partial charge in [-0.1, -0.05) is 46.3 Å². The second kappa shape index (κ2) is 5.73. The van der Waals surface area contributed by atoms with Gasteiger partial charge in [-0.3, -0.25) is 9.59 Å². The van der Waals surface area contributed by atoms with Gasteiger partial charge in [0.1, 0.15) is 0 Å². The fourth-order valence-electron chi connectivity index (χ4n) is 2.86. The molecule has 0 spiro atoms. The molecule has 0 bridgehead atoms. The number of H-pyrrole nitrogens is 1. The third-order valence-corrected chi connectivity index (χ3v) is 4.56. The standard InChI is InChI=1S/C20H12BrNO2/c21-14-7-9-18-16(11-14)15-10-13(6-8-17(15)22-18)20(24)19(23)12-4-2-1-3-5-12/h1-11,22H. The number of fused-ring (bicyclic) bond motifs is 3. The summed E-state index contributed by atoms with van der Waals surface area (Å²) in [5, 5.41) is 1.94. The molecule has 0 amide bonds. The molecule has 0 aliphatic carbocycles. The molecule has 0 saturated heterocycles. The average Bonchev–Trinajstić information content (AvgIpc) is 2.98. The van der Waals surface area contributed by atoms with Crippen LogP contribution in [-0.4, -0.2) is 16.6 Å². The highest BCUT2D eigenvalue weighted by Crippen LogP contribution is 2.29. The van der Waals surface area contributed by atoms with Gasteiger partial charge in [0.2, 0.25) is 11.6 Å². The Morgan fingerprint density at radius 1 is 0.708 bits per heavy atom. The highest BCUT2D eigenvalue weighted by Gasteiger charge is 2.19. The van der Waals surface area contributed by atoms with Crippen molar-refractivity contribution >= 4 is 49.3 Å². The highest BCUT2D eigenvalue weighted by molar-refractivity contribution is 9.10. The maximum absolute atomic E-state index is 12.5. The van der Waals surface area contributed by atoms with Crippen LogP contribution >= 0.6 is 15.9 Å². The second-order valence-electron chi connectivity index (χ2n) is 5.60. The summed E-state index contributed by atoms with van der Waals surface area (Å²) in [6.07, 6.45) is 0. The van der Waals surface area contributed by atoms with Crippen molar-refractivity contribution in [3.8, 4) is 0 Å². The third kappa shape index (κ3) is 2.45. The quantitative estimate of drug-likeness (QED) is 0.396. The Hall–Kier alpha value is -2.72. The largest absolute Gasteiger partial charge is 0.355 e. The first kappa shape index (κ1) is 14.8. The summed E-state index contributed by atoms with van der Waals surface area (Å²) in [7, 11) is 0. The van der Waals surface area contributed by atoms with Crippen molar-refractivity contribution < 1.29 is 9.59 Å². The van der Waals surface area contributed by atoms with Crippen LogP contribution < -0.4 is 0 Å². The van der Waals surface area contributed by atoms with Gasteiger partial charge in [0, 0.05) is 37.4 Å². The van der Waals surface area contributed by atoms with Crippen molar-refractivity contribution in [1.29, 1.82) is 0 Å². The third-order valence-electron chi connectivity index (χ3n) is 4.07. The Bertz CT molecular complexity index is 1100. The summed E-state index contributed by atoms with van der Waals surface area (Å²) >= 11 is 3.47. The van der Waals surface area contributed by atoms with Crippen molar-refractivity contribution in [3.63, 3.8) is 0 Å². The number of benzene rings is 3. The van der Waals surface area contributed by atoms with Gasteiger partial charge in [0.25, 0.3) is 0 Å². The Morgan fingerprint density at radius 3 is 2.08 bits per heavy atom. The van der Waals surface area contributed by atoms with Gasteiger partial charge in [0.05, 0.1) is 0 Å². The Kier molecular flexibility index (Phi) is 3.54. The van der Waals surface area contributed by atoms with E-state index in [4.69, 9.17) is 0 Å². The number of nitrogens with one attached hydrogen (secondary N) is 1. The zero-order chi connectivity index (χ0) is 16.7. The van der Waals surface area contributed by atoms with Crippen LogP contribution in [0.5, 0.6) is 0 Å². The number of rotatable bonds is 3. The van der Waals surface area contributed by atoms with E-state index in [2.05, 4.69) is 20.9 Å². The highest BCUT2D eigenvalue weighted by atomic mass is 79.9. The van der Waals surface area contributed by atoms with Crippen LogP contribution in [0.15, 0.2) is 71.2 Å². The molecule has 1 aromatic heterocycles. The van der Waals surface area contributed by atoms with Gasteiger partial charge >= 0.3 is 0 Å². The minimum Gasteiger partial charge on any atom is -0.355 e. The van der Waals surface area contributed by atoms with E-state index >= 15 is 0 Å². The summed E-state index contributed by atoms with van der Waals surface area (Å²) in [5.74, 6) is -0.983. The van der Waals surface area contributed by atoms with Crippen LogP contribution in [0.1, 0.15) is 20.7 Å². The minimum atomic E-state index is -0.493. The lowest BCUT2D eigenvalue weighted by molar-refractivity contribution is 0.0817. The molecule has 116 valence electrons. The van der Waals surface area contributed by atoms with Crippen molar-refractivity contribution in [2.45, 2.75) is 0 Å². The van der Waals surface area contributed by atoms with Crippen molar-refractivity contribution in [2.24, 2.45) is 0 Å². The number of aromatic nitrogens is 1. The average molecular weight is 378 g/mol. The Labute approximate surface area is 146 Å². The van der Waals surface area contributed by atoms with Crippen LogP contribution in [0.3, 0.4) is 0 Å². The molecule has 1 heterocycles. The van der Waals surface area contributed by atoms with E-state index in [0.29, 0.717) is 11.1 Å². The molecule has 0 aliphatic heterocycles. The van der Waals surface area contributed by atoms with E-state index in [0.717, 1.165) is 26.3 Å². The minimum absolute atomic E-state index is 0.400. The molecule has 4 aromatic rings. The van der Waals surface area contributed by atoms with E-state index in [1.807, 2.05) is 30.3 Å². The summed E-state index contributed by atoms with van der Waals surface area (Å²) in [4.78, 5) is 28.2. The lowest BCUT2D eigenvalue weighted by atomic mass is 10.00. The van der Waals surface area contributed by atoms with E-state index in [1.165, 1.54) is 0 Å². The molecule has 24 heavy (non-hydrogen) atoms. The van der Waals surface area contributed by atoms with Crippen LogP contribution in [-0.2, 0) is 0 Å². The smallest absolute Gasteiger partial charge is 0.233 e. The van der Waals surface area contributed by atoms with Crippen LogP contribution in [0, 0.1) is 0 Å². The number of hydrogen-bond donors (Lipinski definition) is 1. The number of hydrogen-bond acceptors (Lipinski definition) is 2. The normalized spacial score (nSPS) is 11.0. The molecular formula is C20H12BrNO2. The molecular weight excluding hydrogens is 366 g/mol. The summed E-state index contributed by atoms with van der Waals surface area (Å²) in [6.45, 7) is 0. The predicted molar refractivity (Wildman–Crippen MR) is 98.6 cm³/mol. The van der Waals surface area contributed by atoms with Gasteiger partial charge < -0.3 is 4.98 Å². The van der Waals surface area contributed by atoms with Gasteiger partial charge in [0.15, 0.2) is 0 Å². The summed E-state index contributed by atoms with van der Waals surface area (Å²) in [5.41, 5.74) is 2.74. The van der Waals surface area contributed by atoms with Crippen LogP contribution in [0.25, 0.3) is 21.8 Å². The summed E-state index contributed by atoms with van der Waals surface area (Å²) in [6, 6.07) is 19.9. The van der Waals surface area contributed by atoms with Crippen LogP contribution in [0.2, 0.25) is 0 Å². The molecule has 0 atom stereocenters. The molecule has 3 aromatic carbocycles. The van der Waals surface area contributed by atoms with Gasteiger partial charge in [-0.15, -0.1) is 0 Å². The number of carbonyl (C=O) groups excluding carboxylic acids is 2. The van der Waals surface area contributed by atoms with Gasteiger partial charge in [-0.05, 0) is 36.4 Å². The monoisotopic (exact) mass is 377 g/mol. The van der Waals surface area contributed by atoms with Gasteiger partial charge in [-0.25, -0.2) is 0 Å². The lowest BCUT2D eigenvalue weighted by Crippen LogP contribution is -2.14. The fourth-order valence-corrected chi connectivity index (χ4v) is 3.22. The maximum Gasteiger partial charge on any atom is 0.233 e. The molecule has 1 N–H and O–H groups in total. The Morgan fingerprint density at radius 2 is 1.33 bits per heavy atom. The first-order chi connectivity index (χ1) is 11.6. The topological polar surface area (TPSA) is 49.9 Å². The maximum atomic E-state index is 12.5. The van der Waals surface area contributed by atoms with E-state index in [-0.39, 0.29) is 0 Å². The second-order valence-corrected chi connectivity index (χ2v) is 6.52. The zero-order valence-electron chi connectivity index (χ0n) is 12.5. The predicted octanol–water partition coefficient (Wildman–Crippen LogP) is 5.15. The van der Waals surface area contributed by atoms with E-state index < -0.39 is 11.6 Å². The molecule has 0 unspecified atom stereocenters. The first-order valence-electron chi connectivity index (χ1n) is 7.48. The first-order valence-corrected chi connectivity index (χ1v) is 8.28. The lowest BCUT2D eigenvalue weighted by Gasteiger charge is -2.01. The van der Waals surface area contributed by atoms with E-state index in [9.17, 15) is 9.59 Å². The van der Waals surface area contributed by atoms with Crippen molar-refractivity contribution in [1.82, 2.24) is 4.98 Å². The zero-order valence-corrected chi connectivity index (χ0v) is 14.1. The number of aromatic amines is 1. The van der Waals surface area contributed by atoms with Crippen molar-refractivity contribution in [3.05, 3.63) is 82.3 Å². The molecule has 0 radical (unpaired) electrons. The number of carbonyl (C=O) groups is 2. The fraction of sp³-hybridized carbons (Fsp3) is 0.